The van der Waals surface area contributed by atoms with Crippen molar-refractivity contribution in [2.75, 3.05) is 6.54 Å². The van der Waals surface area contributed by atoms with E-state index in [0.717, 1.165) is 0 Å². The molecule has 0 amide bonds. The van der Waals surface area contributed by atoms with E-state index in [1.807, 2.05) is 0 Å². The fourth-order valence-electron chi connectivity index (χ4n) is 3.06. The van der Waals surface area contributed by atoms with Crippen molar-refractivity contribution in [3.63, 3.8) is 0 Å². The van der Waals surface area contributed by atoms with Crippen LogP contribution in [0.25, 0.3) is 0 Å². The second-order valence-corrected chi connectivity index (χ2v) is 6.66. The highest BCUT2D eigenvalue weighted by Crippen LogP contribution is 2.11. The lowest BCUT2D eigenvalue weighted by Crippen LogP contribution is -3.01. The maximum Gasteiger partial charge on any atom is 0.102 e. The number of hydrogen-bond acceptors (Lipinski definition) is 1. The molecule has 0 bridgehead atoms. The summed E-state index contributed by atoms with van der Waals surface area (Å²) < 4.78 is 0. The van der Waals surface area contributed by atoms with Crippen LogP contribution in [0.2, 0.25) is 0 Å². The minimum atomic E-state index is 1.27. The van der Waals surface area contributed by atoms with Crippen molar-refractivity contribution in [3.8, 4) is 0 Å². The lowest BCUT2D eigenvalue weighted by atomic mass is 10.1. The van der Waals surface area contributed by atoms with E-state index in [-0.39, 0.29) is 0 Å². The van der Waals surface area contributed by atoms with Crippen LogP contribution in [0.3, 0.4) is 0 Å². The van der Waals surface area contributed by atoms with E-state index in [2.05, 4.69) is 32.3 Å². The molecule has 1 heterocycles. The summed E-state index contributed by atoms with van der Waals surface area (Å²) in [5.41, 5.74) is 1.55. The maximum absolute atomic E-state index is 6.25. The average Bonchev–Trinajstić information content (AvgIpc) is 3.04. The minimum Gasteiger partial charge on any atom is -0.512 e. The molecule has 0 saturated carbocycles. The van der Waals surface area contributed by atoms with E-state index in [1.54, 1.807) is 10.5 Å². The van der Waals surface area contributed by atoms with E-state index in [4.69, 9.17) is 11.8 Å². The second kappa shape index (κ2) is 17.3. The first-order chi connectivity index (χ1) is 11.4. The molecule has 2 nitrogen and oxygen atoms in total. The molecule has 0 spiro atoms. The Kier molecular flexibility index (Phi) is 16.5. The highest BCUT2D eigenvalue weighted by Gasteiger charge is 2.10. The Hall–Kier alpha value is -1.07. The predicted octanol–water partition coefficient (Wildman–Crippen LogP) is 5.49. The smallest absolute Gasteiger partial charge is 0.102 e. The van der Waals surface area contributed by atoms with Gasteiger partial charge >= 0.3 is 0 Å². The summed E-state index contributed by atoms with van der Waals surface area (Å²) in [6.07, 6.45) is 25.4. The molecule has 0 fully saturated rings. The molecule has 1 N–H and O–H groups in total. The van der Waals surface area contributed by atoms with Crippen LogP contribution < -0.4 is 4.90 Å². The standard InChI is InChI=1S/C20H37N.CN/c1-3-5-7-8-9-10-11-12-13-14-17-21-18-16-20(19-21)15-6-4-2;1-2/h16,18-19H,3-15,17H2,1-2H3;/q;-1/p+1. The Balaban J connectivity index is 0.00000232. The van der Waals surface area contributed by atoms with Crippen LogP contribution in [0.1, 0.15) is 97.3 Å². The van der Waals surface area contributed by atoms with Gasteiger partial charge in [0.2, 0.25) is 0 Å². The quantitative estimate of drug-likeness (QED) is 0.333. The summed E-state index contributed by atoms with van der Waals surface area (Å²) >= 11 is 0. The molecule has 132 valence electrons. The molecule has 1 unspecified atom stereocenters. The molecule has 1 aliphatic rings. The van der Waals surface area contributed by atoms with Gasteiger partial charge in [-0.05, 0) is 25.7 Å². The van der Waals surface area contributed by atoms with Crippen molar-refractivity contribution in [1.82, 2.24) is 0 Å². The van der Waals surface area contributed by atoms with Gasteiger partial charge in [0.25, 0.3) is 0 Å². The maximum atomic E-state index is 6.25. The first kappa shape index (κ1) is 21.9. The van der Waals surface area contributed by atoms with Gasteiger partial charge in [-0.15, -0.1) is 0 Å². The zero-order valence-corrected chi connectivity index (χ0v) is 15.6. The zero-order chi connectivity index (χ0) is 17.2. The first-order valence-corrected chi connectivity index (χ1v) is 9.83. The Bertz CT molecular complexity index is 328. The summed E-state index contributed by atoms with van der Waals surface area (Å²) in [4.78, 5) is 1.57. The van der Waals surface area contributed by atoms with Gasteiger partial charge in [-0.1, -0.05) is 71.6 Å². The number of quaternary nitrogens is 1. The molecule has 0 aliphatic carbocycles. The number of unbranched alkanes of at least 4 members (excludes halogenated alkanes) is 10. The van der Waals surface area contributed by atoms with E-state index in [9.17, 15) is 0 Å². The lowest BCUT2D eigenvalue weighted by molar-refractivity contribution is -0.788. The third kappa shape index (κ3) is 13.1. The van der Waals surface area contributed by atoms with E-state index < -0.39 is 0 Å². The van der Waals surface area contributed by atoms with Crippen molar-refractivity contribution in [1.29, 1.82) is 5.26 Å². The molecule has 1 aliphatic heterocycles. The molecule has 23 heavy (non-hydrogen) atoms. The Morgan fingerprint density at radius 2 is 1.30 bits per heavy atom. The summed E-state index contributed by atoms with van der Waals surface area (Å²) in [5, 5.41) is 6.25. The van der Waals surface area contributed by atoms with Crippen molar-refractivity contribution in [3.05, 3.63) is 30.6 Å². The molecular formula is C21H38N2. The molecule has 2 heteroatoms. The fraction of sp³-hybridized carbons (Fsp3) is 0.762. The molecule has 1 rings (SSSR count). The normalized spacial score (nSPS) is 16.0. The third-order valence-electron chi connectivity index (χ3n) is 4.52. The Labute approximate surface area is 145 Å². The summed E-state index contributed by atoms with van der Waals surface area (Å²) in [7, 11) is 0. The largest absolute Gasteiger partial charge is 0.512 e. The van der Waals surface area contributed by atoms with Gasteiger partial charge in [0.05, 0.1) is 12.7 Å². The molecule has 0 aromatic rings. The molecule has 0 saturated heterocycles. The van der Waals surface area contributed by atoms with Crippen LogP contribution in [0.4, 0.5) is 0 Å². The van der Waals surface area contributed by atoms with Gasteiger partial charge in [0.15, 0.2) is 0 Å². The summed E-state index contributed by atoms with van der Waals surface area (Å²) in [6, 6.07) is 0. The lowest BCUT2D eigenvalue weighted by Gasteiger charge is -2.06. The molecular weight excluding hydrogens is 280 g/mol. The first-order valence-electron chi connectivity index (χ1n) is 9.83. The summed E-state index contributed by atoms with van der Waals surface area (Å²) in [6.45, 7) is 10.6. The Morgan fingerprint density at radius 3 is 1.87 bits per heavy atom. The highest BCUT2D eigenvalue weighted by molar-refractivity contribution is 5.17. The van der Waals surface area contributed by atoms with Gasteiger partial charge in [-0.25, -0.2) is 0 Å². The zero-order valence-electron chi connectivity index (χ0n) is 15.6. The van der Waals surface area contributed by atoms with Crippen molar-refractivity contribution in [2.24, 2.45) is 0 Å². The number of nitrogens with zero attached hydrogens (tertiary/aromatic N) is 1. The van der Waals surface area contributed by atoms with Crippen LogP contribution in [-0.2, 0) is 0 Å². The number of rotatable bonds is 14. The van der Waals surface area contributed by atoms with Crippen LogP contribution in [0.5, 0.6) is 0 Å². The SMILES string of the molecule is CCCCCCCCCCCC[NH+]1C=CC(CCCC)=C1.[C-]#N. The highest BCUT2D eigenvalue weighted by atomic mass is 15.1. The van der Waals surface area contributed by atoms with Gasteiger partial charge < -0.3 is 11.8 Å². The summed E-state index contributed by atoms with van der Waals surface area (Å²) in [5.74, 6) is 0. The Morgan fingerprint density at radius 1 is 0.783 bits per heavy atom. The fourth-order valence-corrected chi connectivity index (χ4v) is 3.06. The van der Waals surface area contributed by atoms with Crippen molar-refractivity contribution < 1.29 is 4.90 Å². The minimum absolute atomic E-state index is 1.27. The van der Waals surface area contributed by atoms with Crippen LogP contribution in [0, 0.1) is 11.8 Å². The second-order valence-electron chi connectivity index (χ2n) is 6.66. The molecule has 0 aromatic carbocycles. The van der Waals surface area contributed by atoms with Crippen molar-refractivity contribution in [2.45, 2.75) is 97.3 Å². The monoisotopic (exact) mass is 318 g/mol. The third-order valence-corrected chi connectivity index (χ3v) is 4.52. The molecule has 1 atom stereocenters. The van der Waals surface area contributed by atoms with E-state index in [0.29, 0.717) is 0 Å². The number of nitrogens with one attached hydrogen (secondary N) is 1. The number of hydrogen-bond donors (Lipinski definition) is 1. The molecule has 0 radical (unpaired) electrons. The van der Waals surface area contributed by atoms with E-state index in [1.165, 1.54) is 90.0 Å². The van der Waals surface area contributed by atoms with Gasteiger partial charge in [0, 0.05) is 11.6 Å². The number of allylic oxidation sites excluding steroid dienone is 2. The van der Waals surface area contributed by atoms with Crippen LogP contribution in [-0.4, -0.2) is 6.54 Å². The predicted molar refractivity (Wildman–Crippen MR) is 99.4 cm³/mol. The molecule has 0 aromatic heterocycles. The van der Waals surface area contributed by atoms with Crippen LogP contribution in [0.15, 0.2) is 24.0 Å². The topological polar surface area (TPSA) is 28.2 Å². The average molecular weight is 319 g/mol. The van der Waals surface area contributed by atoms with Gasteiger partial charge in [0.1, 0.15) is 6.20 Å². The van der Waals surface area contributed by atoms with Gasteiger partial charge in [-0.2, -0.15) is 0 Å². The van der Waals surface area contributed by atoms with Gasteiger partial charge in [-0.3, -0.25) is 4.90 Å². The van der Waals surface area contributed by atoms with Crippen molar-refractivity contribution >= 4 is 0 Å². The van der Waals surface area contributed by atoms with Crippen LogP contribution >= 0.6 is 0 Å². The van der Waals surface area contributed by atoms with E-state index >= 15 is 0 Å².